The molecular weight excluding hydrogens is 679 g/mol. The molecule has 2 aromatic carbocycles. The minimum Gasteiger partial charge on any atom is -0.457 e. The van der Waals surface area contributed by atoms with E-state index in [4.69, 9.17) is 32.5 Å². The minimum absolute atomic E-state index is 0.216. The van der Waals surface area contributed by atoms with Crippen molar-refractivity contribution in [1.29, 1.82) is 0 Å². The van der Waals surface area contributed by atoms with Gasteiger partial charge in [0.2, 0.25) is 0 Å². The van der Waals surface area contributed by atoms with Crippen molar-refractivity contribution in [2.75, 3.05) is 31.3 Å². The maximum absolute atomic E-state index is 13.3. The van der Waals surface area contributed by atoms with Gasteiger partial charge in [0.25, 0.3) is 0 Å². The van der Waals surface area contributed by atoms with Crippen LogP contribution in [0.4, 0.5) is 0 Å². The molecule has 0 N–H and O–H groups in total. The molecule has 2 aliphatic rings. The molecule has 2 aromatic rings. The molecular formula is C38H55O10PS. The number of hydrogen-bond donors (Lipinski definition) is 0. The van der Waals surface area contributed by atoms with Crippen molar-refractivity contribution in [2.24, 2.45) is 0 Å². The van der Waals surface area contributed by atoms with Crippen molar-refractivity contribution in [1.82, 2.24) is 0 Å². The van der Waals surface area contributed by atoms with E-state index in [1.165, 1.54) is 19.3 Å². The number of carbonyl (C=O) groups excluding carboxylic acids is 2. The van der Waals surface area contributed by atoms with Crippen LogP contribution in [0.5, 0.6) is 11.5 Å². The SMILES string of the molecule is CCCCCCC(=O)O[C@@H]1COC2C1OC[C@@H]2OC(=O)CCCCCCCCCCSCCOP(=O)(Oc1ccccc1)Oc1ccccc1. The van der Waals surface area contributed by atoms with Gasteiger partial charge >= 0.3 is 19.8 Å². The number of phosphoric acid groups is 1. The first-order valence-corrected chi connectivity index (χ1v) is 21.0. The summed E-state index contributed by atoms with van der Waals surface area (Å²) in [7, 11) is -3.84. The van der Waals surface area contributed by atoms with Gasteiger partial charge in [0.05, 0.1) is 19.8 Å². The second kappa shape index (κ2) is 23.1. The summed E-state index contributed by atoms with van der Waals surface area (Å²) in [5, 5.41) is 0. The highest BCUT2D eigenvalue weighted by molar-refractivity contribution is 7.99. The van der Waals surface area contributed by atoms with Crippen molar-refractivity contribution >= 4 is 31.5 Å². The standard InChI is InChI=1S/C38H55O10PS/c1-2-3-4-17-24-35(39)45-33-29-42-38-34(30-43-37(33)38)46-36(40)25-18-9-7-5-6-8-10-19-27-50-28-26-44-49(41,47-31-20-13-11-14-21-31)48-32-22-15-12-16-23-32/h11-16,20-23,33-34,37-38H,2-10,17-19,24-30H2,1H3/t33-,34+,37?,38?/m1/s1. The van der Waals surface area contributed by atoms with Crippen molar-refractivity contribution in [2.45, 2.75) is 121 Å². The number of carbonyl (C=O) groups is 2. The smallest absolute Gasteiger partial charge is 0.457 e. The van der Waals surface area contributed by atoms with E-state index in [0.717, 1.165) is 63.5 Å². The lowest BCUT2D eigenvalue weighted by molar-refractivity contribution is -0.155. The number of fused-ring (bicyclic) bond motifs is 1. The zero-order chi connectivity index (χ0) is 35.3. The number of para-hydroxylation sites is 2. The second-order valence-corrected chi connectivity index (χ2v) is 15.5. The van der Waals surface area contributed by atoms with Crippen LogP contribution >= 0.6 is 19.6 Å². The molecule has 278 valence electrons. The first-order chi connectivity index (χ1) is 24.5. The molecule has 0 saturated carbocycles. The summed E-state index contributed by atoms with van der Waals surface area (Å²) >= 11 is 1.77. The Balaban J connectivity index is 0.962. The number of hydrogen-bond acceptors (Lipinski definition) is 11. The molecule has 0 aliphatic carbocycles. The molecule has 2 saturated heterocycles. The molecule has 4 atom stereocenters. The van der Waals surface area contributed by atoms with E-state index in [0.29, 0.717) is 30.1 Å². The molecule has 50 heavy (non-hydrogen) atoms. The maximum atomic E-state index is 13.3. The Morgan fingerprint density at radius 1 is 0.660 bits per heavy atom. The molecule has 2 heterocycles. The molecule has 0 amide bonds. The summed E-state index contributed by atoms with van der Waals surface area (Å²) in [4.78, 5) is 24.6. The van der Waals surface area contributed by atoms with Crippen LogP contribution < -0.4 is 9.05 Å². The van der Waals surface area contributed by atoms with Gasteiger partial charge < -0.3 is 28.0 Å². The van der Waals surface area contributed by atoms with Crippen LogP contribution in [0.25, 0.3) is 0 Å². The zero-order valence-corrected chi connectivity index (χ0v) is 31.2. The number of benzene rings is 2. The molecule has 2 aliphatic heterocycles. The van der Waals surface area contributed by atoms with E-state index in [9.17, 15) is 14.2 Å². The number of thioether (sulfide) groups is 1. The Morgan fingerprint density at radius 2 is 1.12 bits per heavy atom. The highest BCUT2D eigenvalue weighted by atomic mass is 32.2. The average molecular weight is 735 g/mol. The third-order valence-corrected chi connectivity index (χ3v) is 11.0. The van der Waals surface area contributed by atoms with Gasteiger partial charge in [0.1, 0.15) is 23.7 Å². The number of rotatable bonds is 26. The average Bonchev–Trinajstić information content (AvgIpc) is 3.70. The van der Waals surface area contributed by atoms with Gasteiger partial charge in [-0.3, -0.25) is 14.1 Å². The van der Waals surface area contributed by atoms with Gasteiger partial charge in [-0.2, -0.15) is 11.8 Å². The molecule has 0 bridgehead atoms. The Bertz CT molecular complexity index is 1240. The van der Waals surface area contributed by atoms with E-state index in [2.05, 4.69) is 6.92 Å². The lowest BCUT2D eigenvalue weighted by atomic mass is 10.1. The van der Waals surface area contributed by atoms with Crippen LogP contribution in [0.1, 0.15) is 96.8 Å². The maximum Gasteiger partial charge on any atom is 0.587 e. The van der Waals surface area contributed by atoms with Gasteiger partial charge in [-0.05, 0) is 49.3 Å². The van der Waals surface area contributed by atoms with E-state index in [1.807, 2.05) is 12.1 Å². The summed E-state index contributed by atoms with van der Waals surface area (Å²) in [6.45, 7) is 2.94. The van der Waals surface area contributed by atoms with Crippen LogP contribution in [-0.2, 0) is 37.6 Å². The largest absolute Gasteiger partial charge is 0.587 e. The summed E-state index contributed by atoms with van der Waals surface area (Å²) in [5.41, 5.74) is 0. The fourth-order valence-corrected chi connectivity index (χ4v) is 8.07. The van der Waals surface area contributed by atoms with Crippen LogP contribution in [0.3, 0.4) is 0 Å². The van der Waals surface area contributed by atoms with Crippen molar-refractivity contribution < 1.29 is 46.7 Å². The Hall–Kier alpha value is -2.56. The third-order valence-electron chi connectivity index (χ3n) is 8.58. The highest BCUT2D eigenvalue weighted by Gasteiger charge is 2.51. The van der Waals surface area contributed by atoms with Crippen molar-refractivity contribution in [3.8, 4) is 11.5 Å². The van der Waals surface area contributed by atoms with Gasteiger partial charge in [-0.15, -0.1) is 0 Å². The Morgan fingerprint density at radius 3 is 1.62 bits per heavy atom. The first kappa shape index (κ1) is 40.2. The van der Waals surface area contributed by atoms with E-state index in [-0.39, 0.29) is 44.0 Å². The van der Waals surface area contributed by atoms with E-state index in [1.54, 1.807) is 60.3 Å². The lowest BCUT2D eigenvalue weighted by Gasteiger charge is -2.19. The Labute approximate surface area is 302 Å². The molecule has 10 nitrogen and oxygen atoms in total. The molecule has 2 fully saturated rings. The van der Waals surface area contributed by atoms with Crippen LogP contribution in [0.2, 0.25) is 0 Å². The van der Waals surface area contributed by atoms with Crippen molar-refractivity contribution in [3.05, 3.63) is 60.7 Å². The third kappa shape index (κ3) is 15.0. The van der Waals surface area contributed by atoms with Gasteiger partial charge in [-0.1, -0.05) is 101 Å². The van der Waals surface area contributed by atoms with Gasteiger partial charge in [0.15, 0.2) is 12.2 Å². The predicted octanol–water partition coefficient (Wildman–Crippen LogP) is 9.10. The molecule has 0 aromatic heterocycles. The number of esters is 2. The van der Waals surface area contributed by atoms with Crippen molar-refractivity contribution in [3.63, 3.8) is 0 Å². The van der Waals surface area contributed by atoms with Crippen LogP contribution in [0, 0.1) is 0 Å². The molecule has 4 rings (SSSR count). The monoisotopic (exact) mass is 734 g/mol. The fraction of sp³-hybridized carbons (Fsp3) is 0.632. The topological polar surface area (TPSA) is 116 Å². The Kier molecular flexibility index (Phi) is 18.6. The van der Waals surface area contributed by atoms with Crippen LogP contribution in [-0.4, -0.2) is 67.7 Å². The fourth-order valence-electron chi connectivity index (χ4n) is 5.92. The quantitative estimate of drug-likeness (QED) is 0.0524. The summed E-state index contributed by atoms with van der Waals surface area (Å²) < 4.78 is 53.2. The number of unbranched alkanes of at least 4 members (excludes halogenated alkanes) is 10. The molecule has 12 heteroatoms. The second-order valence-electron chi connectivity index (χ2n) is 12.7. The zero-order valence-electron chi connectivity index (χ0n) is 29.5. The van der Waals surface area contributed by atoms with Gasteiger partial charge in [-0.25, -0.2) is 4.57 Å². The van der Waals surface area contributed by atoms with Crippen LogP contribution in [0.15, 0.2) is 60.7 Å². The molecule has 2 unspecified atom stereocenters. The molecule has 0 radical (unpaired) electrons. The summed E-state index contributed by atoms with van der Waals surface area (Å²) in [6.07, 6.45) is 12.0. The summed E-state index contributed by atoms with van der Waals surface area (Å²) in [6, 6.07) is 17.8. The predicted molar refractivity (Wildman–Crippen MR) is 195 cm³/mol. The number of ether oxygens (including phenoxy) is 4. The molecule has 0 spiro atoms. The number of phosphoric ester groups is 1. The van der Waals surface area contributed by atoms with Gasteiger partial charge in [0, 0.05) is 18.6 Å². The minimum atomic E-state index is -3.84. The first-order valence-electron chi connectivity index (χ1n) is 18.4. The van der Waals surface area contributed by atoms with E-state index >= 15 is 0 Å². The highest BCUT2D eigenvalue weighted by Crippen LogP contribution is 2.49. The summed E-state index contributed by atoms with van der Waals surface area (Å²) in [5.74, 6) is 2.12. The van der Waals surface area contributed by atoms with E-state index < -0.39 is 20.0 Å². The lowest BCUT2D eigenvalue weighted by Crippen LogP contribution is -2.35. The normalized spacial score (nSPS) is 19.9.